The summed E-state index contributed by atoms with van der Waals surface area (Å²) < 4.78 is 4.82. The van der Waals surface area contributed by atoms with E-state index in [9.17, 15) is 4.79 Å². The number of carbonyl (C=O) groups is 1. The first-order valence-electron chi connectivity index (χ1n) is 4.71. The van der Waals surface area contributed by atoms with Crippen LogP contribution < -0.4 is 5.32 Å². The second-order valence-corrected chi connectivity index (χ2v) is 2.77. The van der Waals surface area contributed by atoms with Gasteiger partial charge in [-0.05, 0) is 12.8 Å². The number of alkyl carbamates (subject to hydrolysis) is 1. The molecule has 12 heavy (non-hydrogen) atoms. The molecule has 72 valence electrons. The third-order valence-corrected chi connectivity index (χ3v) is 1.49. The van der Waals surface area contributed by atoms with Gasteiger partial charge in [-0.2, -0.15) is 0 Å². The molecule has 1 amide bonds. The Balaban J connectivity index is 3.08. The van der Waals surface area contributed by atoms with Gasteiger partial charge in [-0.3, -0.25) is 0 Å². The number of rotatable bonds is 6. The van der Waals surface area contributed by atoms with Gasteiger partial charge in [0.25, 0.3) is 0 Å². The van der Waals surface area contributed by atoms with E-state index in [1.165, 1.54) is 6.42 Å². The van der Waals surface area contributed by atoms with Crippen LogP contribution >= 0.6 is 0 Å². The summed E-state index contributed by atoms with van der Waals surface area (Å²) in [6, 6.07) is 0. The van der Waals surface area contributed by atoms with Gasteiger partial charge < -0.3 is 10.1 Å². The van der Waals surface area contributed by atoms with Crippen LogP contribution in [0.2, 0.25) is 0 Å². The lowest BCUT2D eigenvalue weighted by atomic mass is 10.2. The van der Waals surface area contributed by atoms with Gasteiger partial charge in [0.2, 0.25) is 0 Å². The van der Waals surface area contributed by atoms with Crippen molar-refractivity contribution in [2.24, 2.45) is 0 Å². The number of unbranched alkanes of at least 4 members (excludes halogenated alkanes) is 2. The molecular formula is C9H19NO2. The van der Waals surface area contributed by atoms with Crippen molar-refractivity contribution in [3.63, 3.8) is 0 Å². The predicted octanol–water partition coefficient (Wildman–Crippen LogP) is 2.31. The Morgan fingerprint density at radius 2 is 2.00 bits per heavy atom. The van der Waals surface area contributed by atoms with Crippen molar-refractivity contribution < 1.29 is 9.53 Å². The van der Waals surface area contributed by atoms with Crippen LogP contribution in [0.1, 0.15) is 39.5 Å². The van der Waals surface area contributed by atoms with Gasteiger partial charge in [0.15, 0.2) is 0 Å². The summed E-state index contributed by atoms with van der Waals surface area (Å²) in [6.07, 6.45) is 3.97. The Morgan fingerprint density at radius 1 is 1.25 bits per heavy atom. The summed E-state index contributed by atoms with van der Waals surface area (Å²) in [5, 5.41) is 2.69. The van der Waals surface area contributed by atoms with Crippen molar-refractivity contribution in [2.75, 3.05) is 13.2 Å². The molecule has 0 radical (unpaired) electrons. The molecule has 0 fully saturated rings. The zero-order chi connectivity index (χ0) is 9.23. The summed E-state index contributed by atoms with van der Waals surface area (Å²) in [5.74, 6) is 0. The SMILES string of the molecule is CCCCCNC(=O)OCCC. The molecule has 0 unspecified atom stereocenters. The van der Waals surface area contributed by atoms with Gasteiger partial charge in [0, 0.05) is 6.54 Å². The van der Waals surface area contributed by atoms with Crippen molar-refractivity contribution in [3.8, 4) is 0 Å². The van der Waals surface area contributed by atoms with E-state index in [-0.39, 0.29) is 6.09 Å². The average molecular weight is 173 g/mol. The average Bonchev–Trinajstić information content (AvgIpc) is 2.09. The lowest BCUT2D eigenvalue weighted by Crippen LogP contribution is -2.25. The molecule has 0 aliphatic rings. The molecule has 3 heteroatoms. The molecule has 0 rings (SSSR count). The fourth-order valence-electron chi connectivity index (χ4n) is 0.811. The smallest absolute Gasteiger partial charge is 0.407 e. The Bertz CT molecular complexity index is 115. The largest absolute Gasteiger partial charge is 0.450 e. The minimum Gasteiger partial charge on any atom is -0.450 e. The Labute approximate surface area is 74.5 Å². The number of carbonyl (C=O) groups excluding carboxylic acids is 1. The maximum absolute atomic E-state index is 10.8. The van der Waals surface area contributed by atoms with Crippen LogP contribution in [0.3, 0.4) is 0 Å². The maximum Gasteiger partial charge on any atom is 0.407 e. The minimum absolute atomic E-state index is 0.284. The molecule has 3 nitrogen and oxygen atoms in total. The van der Waals surface area contributed by atoms with E-state index in [1.807, 2.05) is 6.92 Å². The standard InChI is InChI=1S/C9H19NO2/c1-3-5-6-7-10-9(11)12-8-4-2/h3-8H2,1-2H3,(H,10,11). The van der Waals surface area contributed by atoms with Crippen molar-refractivity contribution in [1.82, 2.24) is 5.32 Å². The lowest BCUT2D eigenvalue weighted by molar-refractivity contribution is 0.146. The highest BCUT2D eigenvalue weighted by molar-refractivity contribution is 5.66. The maximum atomic E-state index is 10.8. The van der Waals surface area contributed by atoms with Gasteiger partial charge in [-0.1, -0.05) is 26.7 Å². The van der Waals surface area contributed by atoms with Gasteiger partial charge >= 0.3 is 6.09 Å². The van der Waals surface area contributed by atoms with E-state index >= 15 is 0 Å². The van der Waals surface area contributed by atoms with Crippen LogP contribution in [-0.4, -0.2) is 19.2 Å². The number of ether oxygens (including phenoxy) is 1. The molecule has 1 N–H and O–H groups in total. The Morgan fingerprint density at radius 3 is 2.58 bits per heavy atom. The zero-order valence-electron chi connectivity index (χ0n) is 8.06. The first-order chi connectivity index (χ1) is 5.81. The van der Waals surface area contributed by atoms with E-state index in [4.69, 9.17) is 4.74 Å². The minimum atomic E-state index is -0.284. The molecule has 0 spiro atoms. The monoisotopic (exact) mass is 173 g/mol. The molecule has 0 heterocycles. The molecule has 0 saturated carbocycles. The third-order valence-electron chi connectivity index (χ3n) is 1.49. The summed E-state index contributed by atoms with van der Waals surface area (Å²) in [5.41, 5.74) is 0. The lowest BCUT2D eigenvalue weighted by Gasteiger charge is -2.04. The first kappa shape index (κ1) is 11.3. The molecular weight excluding hydrogens is 154 g/mol. The second kappa shape index (κ2) is 8.37. The highest BCUT2D eigenvalue weighted by Crippen LogP contribution is 1.91. The fourth-order valence-corrected chi connectivity index (χ4v) is 0.811. The summed E-state index contributed by atoms with van der Waals surface area (Å²) in [4.78, 5) is 10.8. The predicted molar refractivity (Wildman–Crippen MR) is 49.2 cm³/mol. The van der Waals surface area contributed by atoms with Crippen LogP contribution in [-0.2, 0) is 4.74 Å². The summed E-state index contributed by atoms with van der Waals surface area (Å²) >= 11 is 0. The van der Waals surface area contributed by atoms with Crippen LogP contribution in [0, 0.1) is 0 Å². The van der Waals surface area contributed by atoms with Crippen LogP contribution in [0.15, 0.2) is 0 Å². The molecule has 0 aliphatic heterocycles. The quantitative estimate of drug-likeness (QED) is 0.626. The number of hydrogen-bond acceptors (Lipinski definition) is 2. The zero-order valence-corrected chi connectivity index (χ0v) is 8.06. The Hall–Kier alpha value is -0.730. The molecule has 0 aromatic heterocycles. The number of nitrogens with one attached hydrogen (secondary N) is 1. The molecule has 0 aromatic rings. The van der Waals surface area contributed by atoms with Crippen LogP contribution in [0.25, 0.3) is 0 Å². The van der Waals surface area contributed by atoms with Crippen LogP contribution in [0.4, 0.5) is 4.79 Å². The Kier molecular flexibility index (Phi) is 7.86. The highest BCUT2D eigenvalue weighted by atomic mass is 16.5. The molecule has 0 saturated heterocycles. The topological polar surface area (TPSA) is 38.3 Å². The van der Waals surface area contributed by atoms with E-state index in [2.05, 4.69) is 12.2 Å². The third kappa shape index (κ3) is 7.38. The van der Waals surface area contributed by atoms with Gasteiger partial charge in [-0.15, -0.1) is 0 Å². The molecule has 0 atom stereocenters. The van der Waals surface area contributed by atoms with E-state index in [0.717, 1.165) is 25.8 Å². The van der Waals surface area contributed by atoms with Crippen molar-refractivity contribution >= 4 is 6.09 Å². The normalized spacial score (nSPS) is 9.50. The van der Waals surface area contributed by atoms with Gasteiger partial charge in [0.1, 0.15) is 0 Å². The van der Waals surface area contributed by atoms with Gasteiger partial charge in [0.05, 0.1) is 6.61 Å². The molecule has 0 bridgehead atoms. The van der Waals surface area contributed by atoms with E-state index in [1.54, 1.807) is 0 Å². The van der Waals surface area contributed by atoms with Crippen molar-refractivity contribution in [3.05, 3.63) is 0 Å². The summed E-state index contributed by atoms with van der Waals surface area (Å²) in [7, 11) is 0. The first-order valence-corrected chi connectivity index (χ1v) is 4.71. The second-order valence-electron chi connectivity index (χ2n) is 2.77. The highest BCUT2D eigenvalue weighted by Gasteiger charge is 1.97. The van der Waals surface area contributed by atoms with Gasteiger partial charge in [-0.25, -0.2) is 4.79 Å². The number of hydrogen-bond donors (Lipinski definition) is 1. The fraction of sp³-hybridized carbons (Fsp3) is 0.889. The summed E-state index contributed by atoms with van der Waals surface area (Å²) in [6.45, 7) is 5.36. The van der Waals surface area contributed by atoms with Crippen LogP contribution in [0.5, 0.6) is 0 Å². The van der Waals surface area contributed by atoms with E-state index in [0.29, 0.717) is 6.61 Å². The molecule has 0 aromatic carbocycles. The van der Waals surface area contributed by atoms with E-state index < -0.39 is 0 Å². The van der Waals surface area contributed by atoms with Crippen molar-refractivity contribution in [2.45, 2.75) is 39.5 Å². The number of amides is 1. The van der Waals surface area contributed by atoms with Crippen molar-refractivity contribution in [1.29, 1.82) is 0 Å². The molecule has 0 aliphatic carbocycles.